The van der Waals surface area contributed by atoms with E-state index in [-0.39, 0.29) is 13.2 Å². The number of carbonyl (C=O) groups excluding carboxylic acids is 1. The fourth-order valence-corrected chi connectivity index (χ4v) is 0.339. The van der Waals surface area contributed by atoms with Crippen LogP contribution in [0.1, 0.15) is 0 Å². The summed E-state index contributed by atoms with van der Waals surface area (Å²) in [5.41, 5.74) is 4.90. The molecule has 0 aromatic heterocycles. The van der Waals surface area contributed by atoms with Gasteiger partial charge in [0.25, 0.3) is 0 Å². The molecule has 0 aliphatic carbocycles. The topological polar surface area (TPSA) is 99.9 Å². The van der Waals surface area contributed by atoms with Crippen LogP contribution in [0.4, 0.5) is 0 Å². The smallest absolute Gasteiger partial charge is 0.319 e. The molecule has 0 saturated carbocycles. The molecule has 0 aliphatic rings. The molecule has 0 rings (SSSR count). The van der Waals surface area contributed by atoms with Crippen LogP contribution >= 0.6 is 0 Å². The number of ether oxygens (including phenoxy) is 1. The maximum Gasteiger partial charge on any atom is 0.319 e. The van der Waals surface area contributed by atoms with Crippen LogP contribution in [0, 0.1) is 28.6 Å². The van der Waals surface area contributed by atoms with Gasteiger partial charge in [0, 0.05) is 0 Å². The molecule has 0 aromatic rings. The third-order valence-electron chi connectivity index (χ3n) is 0.889. The van der Waals surface area contributed by atoms with Crippen molar-refractivity contribution in [2.45, 2.75) is 0 Å². The minimum Gasteiger partial charge on any atom is -0.462 e. The molecule has 0 fully saturated rings. The van der Waals surface area contributed by atoms with E-state index in [1.54, 1.807) is 12.1 Å². The van der Waals surface area contributed by atoms with Gasteiger partial charge in [-0.3, -0.25) is 4.79 Å². The van der Waals surface area contributed by atoms with Crippen LogP contribution in [0.25, 0.3) is 0 Å². The SMILES string of the molecule is N#CC(C#N)COC(=O)CN. The van der Waals surface area contributed by atoms with Crippen molar-refractivity contribution in [3.63, 3.8) is 0 Å². The largest absolute Gasteiger partial charge is 0.462 e. The molecule has 0 aromatic carbocycles. The van der Waals surface area contributed by atoms with Crippen molar-refractivity contribution in [3.8, 4) is 12.1 Å². The Labute approximate surface area is 64.0 Å². The van der Waals surface area contributed by atoms with Gasteiger partial charge >= 0.3 is 5.97 Å². The van der Waals surface area contributed by atoms with Gasteiger partial charge in [-0.15, -0.1) is 0 Å². The lowest BCUT2D eigenvalue weighted by Gasteiger charge is -2.00. The number of carbonyl (C=O) groups is 1. The van der Waals surface area contributed by atoms with Crippen LogP contribution in [-0.4, -0.2) is 19.1 Å². The van der Waals surface area contributed by atoms with E-state index in [1.165, 1.54) is 0 Å². The monoisotopic (exact) mass is 153 g/mol. The first-order chi connectivity index (χ1) is 5.24. The summed E-state index contributed by atoms with van der Waals surface area (Å²) in [7, 11) is 0. The maximum absolute atomic E-state index is 10.4. The van der Waals surface area contributed by atoms with Gasteiger partial charge in [0.05, 0.1) is 18.7 Å². The van der Waals surface area contributed by atoms with Crippen LogP contribution in [0.3, 0.4) is 0 Å². The van der Waals surface area contributed by atoms with E-state index in [4.69, 9.17) is 16.3 Å². The molecular formula is C6H7N3O2. The molecule has 58 valence electrons. The van der Waals surface area contributed by atoms with Crippen LogP contribution in [0.15, 0.2) is 0 Å². The Hall–Kier alpha value is -1.59. The summed E-state index contributed by atoms with van der Waals surface area (Å²) in [6.45, 7) is -0.438. The fourth-order valence-electron chi connectivity index (χ4n) is 0.339. The lowest BCUT2D eigenvalue weighted by Crippen LogP contribution is -2.19. The van der Waals surface area contributed by atoms with E-state index in [0.717, 1.165) is 0 Å². The Kier molecular flexibility index (Phi) is 4.46. The molecule has 0 aliphatic heterocycles. The zero-order valence-corrected chi connectivity index (χ0v) is 5.78. The zero-order valence-electron chi connectivity index (χ0n) is 5.78. The Morgan fingerprint density at radius 3 is 2.45 bits per heavy atom. The van der Waals surface area contributed by atoms with Crippen LogP contribution in [-0.2, 0) is 9.53 Å². The summed E-state index contributed by atoms with van der Waals surface area (Å²) in [5.74, 6) is -1.51. The first kappa shape index (κ1) is 9.41. The van der Waals surface area contributed by atoms with Gasteiger partial charge in [-0.25, -0.2) is 0 Å². The van der Waals surface area contributed by atoms with E-state index >= 15 is 0 Å². The molecular weight excluding hydrogens is 146 g/mol. The van der Waals surface area contributed by atoms with Crippen molar-refractivity contribution >= 4 is 5.97 Å². The zero-order chi connectivity index (χ0) is 8.69. The highest BCUT2D eigenvalue weighted by Crippen LogP contribution is 1.92. The maximum atomic E-state index is 10.4. The molecule has 0 radical (unpaired) electrons. The summed E-state index contributed by atoms with van der Waals surface area (Å²) in [6, 6.07) is 3.30. The van der Waals surface area contributed by atoms with Crippen molar-refractivity contribution in [1.29, 1.82) is 10.5 Å². The molecule has 0 spiro atoms. The summed E-state index contributed by atoms with van der Waals surface area (Å²) >= 11 is 0. The molecule has 5 nitrogen and oxygen atoms in total. The number of nitrogens with two attached hydrogens (primary N) is 1. The Morgan fingerprint density at radius 2 is 2.09 bits per heavy atom. The van der Waals surface area contributed by atoms with Crippen LogP contribution < -0.4 is 5.73 Å². The normalized spacial score (nSPS) is 8.36. The molecule has 0 atom stereocenters. The number of nitriles is 2. The van der Waals surface area contributed by atoms with E-state index in [2.05, 4.69) is 4.74 Å². The van der Waals surface area contributed by atoms with E-state index in [1.807, 2.05) is 0 Å². The van der Waals surface area contributed by atoms with E-state index < -0.39 is 11.9 Å². The Balaban J connectivity index is 3.64. The molecule has 0 amide bonds. The van der Waals surface area contributed by atoms with Crippen molar-refractivity contribution in [3.05, 3.63) is 0 Å². The summed E-state index contributed by atoms with van der Waals surface area (Å²) in [6.07, 6.45) is 0. The quantitative estimate of drug-likeness (QED) is 0.532. The van der Waals surface area contributed by atoms with Crippen molar-refractivity contribution < 1.29 is 9.53 Å². The number of hydrogen-bond donors (Lipinski definition) is 1. The lowest BCUT2D eigenvalue weighted by atomic mass is 10.2. The first-order valence-corrected chi connectivity index (χ1v) is 2.89. The van der Waals surface area contributed by atoms with Gasteiger partial charge in [-0.05, 0) is 0 Å². The molecule has 0 unspecified atom stereocenters. The molecule has 0 heterocycles. The third kappa shape index (κ3) is 3.90. The van der Waals surface area contributed by atoms with Crippen molar-refractivity contribution in [1.82, 2.24) is 0 Å². The molecule has 0 bridgehead atoms. The predicted molar refractivity (Wildman–Crippen MR) is 34.7 cm³/mol. The minimum atomic E-state index is -0.898. The Bertz CT molecular complexity index is 199. The van der Waals surface area contributed by atoms with Crippen LogP contribution in [0.5, 0.6) is 0 Å². The summed E-state index contributed by atoms with van der Waals surface area (Å²) < 4.78 is 4.43. The first-order valence-electron chi connectivity index (χ1n) is 2.89. The molecule has 5 heteroatoms. The second kappa shape index (κ2) is 5.21. The lowest BCUT2D eigenvalue weighted by molar-refractivity contribution is -0.142. The highest BCUT2D eigenvalue weighted by Gasteiger charge is 2.07. The molecule has 11 heavy (non-hydrogen) atoms. The van der Waals surface area contributed by atoms with Gasteiger partial charge in [0.1, 0.15) is 6.61 Å². The van der Waals surface area contributed by atoms with Gasteiger partial charge in [0.2, 0.25) is 0 Å². The van der Waals surface area contributed by atoms with E-state index in [0.29, 0.717) is 0 Å². The standard InChI is InChI=1S/C6H7N3O2/c7-1-5(2-8)4-11-6(10)3-9/h5H,3-4,9H2. The van der Waals surface area contributed by atoms with Crippen LogP contribution in [0.2, 0.25) is 0 Å². The average molecular weight is 153 g/mol. The van der Waals surface area contributed by atoms with E-state index in [9.17, 15) is 4.79 Å². The van der Waals surface area contributed by atoms with Crippen molar-refractivity contribution in [2.75, 3.05) is 13.2 Å². The van der Waals surface area contributed by atoms with Gasteiger partial charge < -0.3 is 10.5 Å². The second-order valence-corrected chi connectivity index (χ2v) is 1.70. The highest BCUT2D eigenvalue weighted by molar-refractivity contribution is 5.71. The number of hydrogen-bond acceptors (Lipinski definition) is 5. The third-order valence-corrected chi connectivity index (χ3v) is 0.889. The fraction of sp³-hybridized carbons (Fsp3) is 0.500. The summed E-state index contributed by atoms with van der Waals surface area (Å²) in [5, 5.41) is 16.4. The average Bonchev–Trinajstić information content (AvgIpc) is 2.06. The predicted octanol–water partition coefficient (Wildman–Crippen LogP) is -0.848. The minimum absolute atomic E-state index is 0.205. The second-order valence-electron chi connectivity index (χ2n) is 1.70. The molecule has 0 saturated heterocycles. The summed E-state index contributed by atoms with van der Waals surface area (Å²) in [4.78, 5) is 10.4. The number of rotatable bonds is 3. The van der Waals surface area contributed by atoms with Crippen molar-refractivity contribution in [2.24, 2.45) is 11.7 Å². The Morgan fingerprint density at radius 1 is 1.55 bits per heavy atom. The number of esters is 1. The van der Waals surface area contributed by atoms with Gasteiger partial charge in [0.15, 0.2) is 5.92 Å². The van der Waals surface area contributed by atoms with Gasteiger partial charge in [-0.1, -0.05) is 0 Å². The van der Waals surface area contributed by atoms with Gasteiger partial charge in [-0.2, -0.15) is 10.5 Å². The number of nitrogens with zero attached hydrogens (tertiary/aromatic N) is 2. The highest BCUT2D eigenvalue weighted by atomic mass is 16.5. The molecule has 2 N–H and O–H groups in total.